The summed E-state index contributed by atoms with van der Waals surface area (Å²) in [4.78, 5) is 26.8. The molecule has 7 nitrogen and oxygen atoms in total. The van der Waals surface area contributed by atoms with Crippen molar-refractivity contribution in [2.24, 2.45) is 5.92 Å². The second-order valence-electron chi connectivity index (χ2n) is 9.00. The first-order valence-corrected chi connectivity index (χ1v) is 10.8. The van der Waals surface area contributed by atoms with E-state index < -0.39 is 0 Å². The highest BCUT2D eigenvalue weighted by atomic mass is 16.4. The number of nitrogens with zero attached hydrogens (tertiary/aromatic N) is 5. The summed E-state index contributed by atoms with van der Waals surface area (Å²) in [6.45, 7) is 7.16. The molecule has 1 aromatic carbocycles. The Morgan fingerprint density at radius 2 is 1.97 bits per heavy atom. The minimum Gasteiger partial charge on any atom is -0.422 e. The maximum atomic E-state index is 12.8. The van der Waals surface area contributed by atoms with Crippen molar-refractivity contribution >= 4 is 22.3 Å². The van der Waals surface area contributed by atoms with Crippen LogP contribution in [0.4, 0.5) is 5.69 Å². The Morgan fingerprint density at radius 3 is 2.81 bits per heavy atom. The number of anilines is 1. The molecule has 0 amide bonds. The molecule has 5 heterocycles. The molecule has 0 N–H and O–H groups in total. The van der Waals surface area contributed by atoms with E-state index in [-0.39, 0.29) is 5.63 Å². The first kappa shape index (κ1) is 18.6. The lowest BCUT2D eigenvalue weighted by Crippen LogP contribution is -2.32. The number of hydrogen-bond acceptors (Lipinski definition) is 6. The SMILES string of the molecule is Cc1cn2cc(-c3cc4ccc(N5C[C@H]6CCN(C)[C@H]6C5)cc4oc3=O)nc2c(C)n1. The standard InChI is InChI=1S/C24H25N5O2/c1-14-10-29-12-20(26-23(29)15(2)25-14)19-8-16-4-5-18(9-22(16)31-24(19)30)28-11-17-6-7-27(3)21(17)13-28/h4-5,8-10,12,17,21H,6-7,11,13H2,1-3H3/t17-,21+/m1/s1. The molecule has 4 aromatic rings. The zero-order valence-electron chi connectivity index (χ0n) is 18.0. The van der Waals surface area contributed by atoms with Gasteiger partial charge in [0.15, 0.2) is 5.65 Å². The summed E-state index contributed by atoms with van der Waals surface area (Å²) in [5, 5.41) is 0.901. The molecule has 0 saturated carbocycles. The summed E-state index contributed by atoms with van der Waals surface area (Å²) in [5.74, 6) is 0.728. The third kappa shape index (κ3) is 2.95. The van der Waals surface area contributed by atoms with E-state index in [4.69, 9.17) is 4.42 Å². The van der Waals surface area contributed by atoms with Gasteiger partial charge in [0.1, 0.15) is 5.58 Å². The molecule has 2 atom stereocenters. The summed E-state index contributed by atoms with van der Waals surface area (Å²) in [7, 11) is 2.22. The fraction of sp³-hybridized carbons (Fsp3) is 0.375. The number of fused-ring (bicyclic) bond motifs is 3. The quantitative estimate of drug-likeness (QED) is 0.468. The van der Waals surface area contributed by atoms with Crippen molar-refractivity contribution in [3.8, 4) is 11.3 Å². The molecule has 31 heavy (non-hydrogen) atoms. The van der Waals surface area contributed by atoms with Crippen LogP contribution in [0.2, 0.25) is 0 Å². The first-order valence-electron chi connectivity index (χ1n) is 10.8. The Bertz CT molecular complexity index is 1390. The number of benzene rings is 1. The van der Waals surface area contributed by atoms with E-state index in [2.05, 4.69) is 32.9 Å². The highest BCUT2D eigenvalue weighted by Crippen LogP contribution is 2.34. The van der Waals surface area contributed by atoms with Gasteiger partial charge in [-0.3, -0.25) is 4.98 Å². The van der Waals surface area contributed by atoms with Crippen molar-refractivity contribution in [1.29, 1.82) is 0 Å². The molecule has 0 unspecified atom stereocenters. The van der Waals surface area contributed by atoms with Crippen LogP contribution in [-0.4, -0.2) is 52.0 Å². The van der Waals surface area contributed by atoms with Crippen LogP contribution in [0.5, 0.6) is 0 Å². The molecule has 0 radical (unpaired) electrons. The number of rotatable bonds is 2. The highest BCUT2D eigenvalue weighted by molar-refractivity contribution is 5.84. The lowest BCUT2D eigenvalue weighted by atomic mass is 10.1. The largest absolute Gasteiger partial charge is 0.422 e. The van der Waals surface area contributed by atoms with Gasteiger partial charge in [0, 0.05) is 48.7 Å². The molecule has 2 saturated heterocycles. The molecular weight excluding hydrogens is 390 g/mol. The molecule has 2 fully saturated rings. The van der Waals surface area contributed by atoms with Gasteiger partial charge in [-0.05, 0) is 58.0 Å². The normalized spacial score (nSPS) is 21.5. The third-order valence-corrected chi connectivity index (χ3v) is 6.91. The van der Waals surface area contributed by atoms with Gasteiger partial charge in [-0.2, -0.15) is 0 Å². The van der Waals surface area contributed by atoms with Crippen LogP contribution >= 0.6 is 0 Å². The zero-order valence-corrected chi connectivity index (χ0v) is 18.0. The van der Waals surface area contributed by atoms with Gasteiger partial charge in [-0.25, -0.2) is 9.78 Å². The van der Waals surface area contributed by atoms with Crippen LogP contribution in [0.1, 0.15) is 17.8 Å². The average molecular weight is 415 g/mol. The smallest absolute Gasteiger partial charge is 0.345 e. The van der Waals surface area contributed by atoms with Crippen molar-refractivity contribution in [1.82, 2.24) is 19.3 Å². The van der Waals surface area contributed by atoms with Gasteiger partial charge >= 0.3 is 5.63 Å². The minimum absolute atomic E-state index is 0.367. The second kappa shape index (κ2) is 6.65. The van der Waals surface area contributed by atoms with Crippen molar-refractivity contribution in [2.75, 3.05) is 31.6 Å². The van der Waals surface area contributed by atoms with Crippen LogP contribution in [0.15, 0.2) is 45.9 Å². The fourth-order valence-electron chi connectivity index (χ4n) is 5.29. The molecule has 0 bridgehead atoms. The lowest BCUT2D eigenvalue weighted by Gasteiger charge is -2.22. The Balaban J connectivity index is 1.38. The fourth-order valence-corrected chi connectivity index (χ4v) is 5.29. The van der Waals surface area contributed by atoms with Crippen molar-refractivity contribution in [2.45, 2.75) is 26.3 Å². The highest BCUT2D eigenvalue weighted by Gasteiger charge is 2.39. The predicted octanol–water partition coefficient (Wildman–Crippen LogP) is 3.26. The summed E-state index contributed by atoms with van der Waals surface area (Å²) < 4.78 is 7.67. The van der Waals surface area contributed by atoms with E-state index in [0.717, 1.165) is 47.1 Å². The first-order chi connectivity index (χ1) is 15.0. The molecule has 0 aliphatic carbocycles. The summed E-state index contributed by atoms with van der Waals surface area (Å²) >= 11 is 0. The topological polar surface area (TPSA) is 66.9 Å². The summed E-state index contributed by atoms with van der Waals surface area (Å²) in [6, 6.07) is 8.69. The molecule has 6 rings (SSSR count). The van der Waals surface area contributed by atoms with E-state index in [9.17, 15) is 4.79 Å². The molecule has 2 aliphatic heterocycles. The van der Waals surface area contributed by atoms with Gasteiger partial charge in [-0.1, -0.05) is 0 Å². The third-order valence-electron chi connectivity index (χ3n) is 6.91. The summed E-state index contributed by atoms with van der Waals surface area (Å²) in [5.41, 5.74) is 4.94. The van der Waals surface area contributed by atoms with Crippen LogP contribution < -0.4 is 10.5 Å². The number of imidazole rings is 1. The van der Waals surface area contributed by atoms with Crippen LogP contribution in [-0.2, 0) is 0 Å². The van der Waals surface area contributed by atoms with Gasteiger partial charge in [0.25, 0.3) is 0 Å². The van der Waals surface area contributed by atoms with E-state index in [1.54, 1.807) is 0 Å². The number of aromatic nitrogens is 3. The molecule has 2 aliphatic rings. The molecule has 158 valence electrons. The van der Waals surface area contributed by atoms with Gasteiger partial charge < -0.3 is 18.6 Å². The number of aryl methyl sites for hydroxylation is 2. The van der Waals surface area contributed by atoms with E-state index in [1.807, 2.05) is 48.8 Å². The van der Waals surface area contributed by atoms with Crippen molar-refractivity contribution < 1.29 is 4.42 Å². The Morgan fingerprint density at radius 1 is 1.10 bits per heavy atom. The van der Waals surface area contributed by atoms with E-state index >= 15 is 0 Å². The zero-order chi connectivity index (χ0) is 21.3. The molecular formula is C24H25N5O2. The summed E-state index contributed by atoms with van der Waals surface area (Å²) in [6.07, 6.45) is 5.04. The van der Waals surface area contributed by atoms with E-state index in [1.165, 1.54) is 13.0 Å². The molecule has 0 spiro atoms. The van der Waals surface area contributed by atoms with Gasteiger partial charge in [-0.15, -0.1) is 0 Å². The van der Waals surface area contributed by atoms with Gasteiger partial charge in [0.05, 0.1) is 22.6 Å². The van der Waals surface area contributed by atoms with Crippen LogP contribution in [0.25, 0.3) is 27.9 Å². The number of likely N-dealkylation sites (tertiary alicyclic amines) is 1. The second-order valence-corrected chi connectivity index (χ2v) is 9.00. The number of likely N-dealkylation sites (N-methyl/N-ethyl adjacent to an activating group) is 1. The van der Waals surface area contributed by atoms with Crippen molar-refractivity contribution in [3.63, 3.8) is 0 Å². The molecule has 3 aromatic heterocycles. The van der Waals surface area contributed by atoms with Crippen LogP contribution in [0, 0.1) is 19.8 Å². The average Bonchev–Trinajstić information content (AvgIpc) is 3.43. The number of hydrogen-bond donors (Lipinski definition) is 0. The maximum absolute atomic E-state index is 12.8. The Kier molecular flexibility index (Phi) is 3.99. The monoisotopic (exact) mass is 415 g/mol. The maximum Gasteiger partial charge on any atom is 0.345 e. The van der Waals surface area contributed by atoms with Crippen molar-refractivity contribution in [3.05, 3.63) is 58.5 Å². The van der Waals surface area contributed by atoms with E-state index in [0.29, 0.717) is 22.9 Å². The van der Waals surface area contributed by atoms with Crippen LogP contribution in [0.3, 0.4) is 0 Å². The lowest BCUT2D eigenvalue weighted by molar-refractivity contribution is 0.310. The predicted molar refractivity (Wildman–Crippen MR) is 121 cm³/mol. The Hall–Kier alpha value is -3.19. The van der Waals surface area contributed by atoms with Gasteiger partial charge in [0.2, 0.25) is 0 Å². The molecule has 7 heteroatoms. The minimum atomic E-state index is -0.367. The Labute approximate surface area is 179 Å².